The molecule has 0 saturated carbocycles. The Bertz CT molecular complexity index is 453. The fraction of sp³-hybridized carbons (Fsp3) is 0.250. The normalized spacial score (nSPS) is 12.6. The van der Waals surface area contributed by atoms with Crippen LogP contribution in [0.25, 0.3) is 0 Å². The minimum absolute atomic E-state index is 0.270. The highest BCUT2D eigenvalue weighted by atomic mass is 15.1. The second-order valence-corrected chi connectivity index (χ2v) is 4.56. The number of rotatable bonds is 5. The third-order valence-electron chi connectivity index (χ3n) is 3.21. The zero-order chi connectivity index (χ0) is 12.8. The van der Waals surface area contributed by atoms with Crippen molar-refractivity contribution in [1.82, 2.24) is 4.90 Å². The Morgan fingerprint density at radius 2 is 1.50 bits per heavy atom. The van der Waals surface area contributed by atoms with E-state index in [4.69, 9.17) is 5.73 Å². The van der Waals surface area contributed by atoms with Crippen LogP contribution < -0.4 is 5.73 Å². The fourth-order valence-electron chi connectivity index (χ4n) is 2.23. The molecule has 1 atom stereocenters. The SMILES string of the molecule is CN(Cc1ccccc1)C(CN)c1ccccc1. The number of hydrogen-bond donors (Lipinski definition) is 1. The van der Waals surface area contributed by atoms with Gasteiger partial charge in [0.2, 0.25) is 0 Å². The van der Waals surface area contributed by atoms with Crippen molar-refractivity contribution in [1.29, 1.82) is 0 Å². The fourth-order valence-corrected chi connectivity index (χ4v) is 2.23. The van der Waals surface area contributed by atoms with Gasteiger partial charge in [0, 0.05) is 19.1 Å². The molecule has 0 aromatic heterocycles. The van der Waals surface area contributed by atoms with Crippen molar-refractivity contribution in [3.05, 3.63) is 71.8 Å². The van der Waals surface area contributed by atoms with Crippen molar-refractivity contribution in [2.45, 2.75) is 12.6 Å². The van der Waals surface area contributed by atoms with Gasteiger partial charge in [-0.25, -0.2) is 0 Å². The molecule has 2 rings (SSSR count). The highest BCUT2D eigenvalue weighted by Crippen LogP contribution is 2.19. The zero-order valence-corrected chi connectivity index (χ0v) is 10.8. The van der Waals surface area contributed by atoms with Crippen molar-refractivity contribution >= 4 is 0 Å². The molecular weight excluding hydrogens is 220 g/mol. The topological polar surface area (TPSA) is 29.3 Å². The van der Waals surface area contributed by atoms with Gasteiger partial charge >= 0.3 is 0 Å². The maximum Gasteiger partial charge on any atom is 0.0470 e. The van der Waals surface area contributed by atoms with E-state index in [-0.39, 0.29) is 6.04 Å². The Kier molecular flexibility index (Phi) is 4.51. The summed E-state index contributed by atoms with van der Waals surface area (Å²) in [6, 6.07) is 21.2. The molecule has 0 aliphatic rings. The van der Waals surface area contributed by atoms with Gasteiger partial charge in [-0.1, -0.05) is 60.7 Å². The number of nitrogens with zero attached hydrogens (tertiary/aromatic N) is 1. The van der Waals surface area contributed by atoms with Crippen molar-refractivity contribution in [3.63, 3.8) is 0 Å². The molecular formula is C16H20N2. The lowest BCUT2D eigenvalue weighted by Crippen LogP contribution is -2.30. The Morgan fingerprint density at radius 1 is 0.944 bits per heavy atom. The largest absolute Gasteiger partial charge is 0.329 e. The number of benzene rings is 2. The number of hydrogen-bond acceptors (Lipinski definition) is 2. The molecule has 0 aliphatic heterocycles. The highest BCUT2D eigenvalue weighted by molar-refractivity contribution is 5.20. The van der Waals surface area contributed by atoms with Crippen LogP contribution in [-0.4, -0.2) is 18.5 Å². The Morgan fingerprint density at radius 3 is 2.06 bits per heavy atom. The van der Waals surface area contributed by atoms with E-state index < -0.39 is 0 Å². The van der Waals surface area contributed by atoms with Gasteiger partial charge in [0.1, 0.15) is 0 Å². The number of likely N-dealkylation sites (N-methyl/N-ethyl adjacent to an activating group) is 1. The Hall–Kier alpha value is -1.64. The Labute approximate surface area is 109 Å². The van der Waals surface area contributed by atoms with Crippen molar-refractivity contribution < 1.29 is 0 Å². The van der Waals surface area contributed by atoms with Gasteiger partial charge in [0.25, 0.3) is 0 Å². The molecule has 0 fully saturated rings. The van der Waals surface area contributed by atoms with Crippen molar-refractivity contribution in [2.75, 3.05) is 13.6 Å². The first kappa shape index (κ1) is 12.8. The van der Waals surface area contributed by atoms with Crippen LogP contribution in [0.2, 0.25) is 0 Å². The predicted molar refractivity (Wildman–Crippen MR) is 76.1 cm³/mol. The highest BCUT2D eigenvalue weighted by Gasteiger charge is 2.14. The average molecular weight is 240 g/mol. The van der Waals surface area contributed by atoms with Gasteiger partial charge < -0.3 is 5.73 Å². The van der Waals surface area contributed by atoms with E-state index in [1.54, 1.807) is 0 Å². The molecule has 2 aromatic carbocycles. The quantitative estimate of drug-likeness (QED) is 0.870. The van der Waals surface area contributed by atoms with E-state index in [1.807, 2.05) is 12.1 Å². The van der Waals surface area contributed by atoms with Gasteiger partial charge in [-0.05, 0) is 18.2 Å². The standard InChI is InChI=1S/C16H20N2/c1-18(13-14-8-4-2-5-9-14)16(12-17)15-10-6-3-7-11-15/h2-11,16H,12-13,17H2,1H3. The molecule has 2 nitrogen and oxygen atoms in total. The molecule has 0 saturated heterocycles. The second kappa shape index (κ2) is 6.34. The average Bonchev–Trinajstić information content (AvgIpc) is 2.42. The zero-order valence-electron chi connectivity index (χ0n) is 10.8. The lowest BCUT2D eigenvalue weighted by molar-refractivity contribution is 0.242. The maximum absolute atomic E-state index is 5.92. The predicted octanol–water partition coefficient (Wildman–Crippen LogP) is 2.82. The molecule has 0 bridgehead atoms. The van der Waals surface area contributed by atoms with Crippen molar-refractivity contribution in [3.8, 4) is 0 Å². The summed E-state index contributed by atoms with van der Waals surface area (Å²) in [6.07, 6.45) is 0. The molecule has 2 aromatic rings. The first-order valence-corrected chi connectivity index (χ1v) is 6.30. The molecule has 2 N–H and O–H groups in total. The van der Waals surface area contributed by atoms with E-state index in [1.165, 1.54) is 11.1 Å². The molecule has 94 valence electrons. The van der Waals surface area contributed by atoms with Crippen LogP contribution in [-0.2, 0) is 6.54 Å². The van der Waals surface area contributed by atoms with Gasteiger partial charge in [-0.2, -0.15) is 0 Å². The first-order valence-electron chi connectivity index (χ1n) is 6.30. The molecule has 1 unspecified atom stereocenters. The lowest BCUT2D eigenvalue weighted by Gasteiger charge is -2.27. The Balaban J connectivity index is 2.09. The molecule has 0 amide bonds. The van der Waals surface area contributed by atoms with E-state index in [9.17, 15) is 0 Å². The minimum atomic E-state index is 0.270. The van der Waals surface area contributed by atoms with Crippen LogP contribution >= 0.6 is 0 Å². The third kappa shape index (κ3) is 3.19. The molecule has 0 spiro atoms. The second-order valence-electron chi connectivity index (χ2n) is 4.56. The first-order chi connectivity index (χ1) is 8.81. The summed E-state index contributed by atoms with van der Waals surface area (Å²) in [5, 5.41) is 0. The summed E-state index contributed by atoms with van der Waals surface area (Å²) in [5.41, 5.74) is 8.51. The molecule has 0 radical (unpaired) electrons. The van der Waals surface area contributed by atoms with Gasteiger partial charge in [0.05, 0.1) is 0 Å². The van der Waals surface area contributed by atoms with Crippen LogP contribution in [0, 0.1) is 0 Å². The van der Waals surface area contributed by atoms with Crippen LogP contribution in [0.4, 0.5) is 0 Å². The summed E-state index contributed by atoms with van der Waals surface area (Å²) in [4.78, 5) is 2.30. The van der Waals surface area contributed by atoms with Crippen LogP contribution in [0.3, 0.4) is 0 Å². The van der Waals surface area contributed by atoms with Crippen LogP contribution in [0.5, 0.6) is 0 Å². The van der Waals surface area contributed by atoms with E-state index in [0.29, 0.717) is 6.54 Å². The summed E-state index contributed by atoms with van der Waals surface area (Å²) in [6.45, 7) is 1.55. The monoisotopic (exact) mass is 240 g/mol. The van der Waals surface area contributed by atoms with Gasteiger partial charge in [0.15, 0.2) is 0 Å². The summed E-state index contributed by atoms with van der Waals surface area (Å²) in [7, 11) is 2.12. The minimum Gasteiger partial charge on any atom is -0.329 e. The third-order valence-corrected chi connectivity index (χ3v) is 3.21. The molecule has 2 heteroatoms. The number of nitrogens with two attached hydrogens (primary N) is 1. The van der Waals surface area contributed by atoms with Crippen LogP contribution in [0.15, 0.2) is 60.7 Å². The smallest absolute Gasteiger partial charge is 0.0470 e. The summed E-state index contributed by atoms with van der Waals surface area (Å²) >= 11 is 0. The van der Waals surface area contributed by atoms with E-state index >= 15 is 0 Å². The van der Waals surface area contributed by atoms with Gasteiger partial charge in [-0.3, -0.25) is 4.90 Å². The van der Waals surface area contributed by atoms with Crippen LogP contribution in [0.1, 0.15) is 17.2 Å². The molecule has 18 heavy (non-hydrogen) atoms. The lowest BCUT2D eigenvalue weighted by atomic mass is 10.1. The molecule has 0 heterocycles. The van der Waals surface area contributed by atoms with Gasteiger partial charge in [-0.15, -0.1) is 0 Å². The van der Waals surface area contributed by atoms with E-state index in [0.717, 1.165) is 6.54 Å². The maximum atomic E-state index is 5.92. The molecule has 0 aliphatic carbocycles. The summed E-state index contributed by atoms with van der Waals surface area (Å²) in [5.74, 6) is 0. The summed E-state index contributed by atoms with van der Waals surface area (Å²) < 4.78 is 0. The van der Waals surface area contributed by atoms with Crippen molar-refractivity contribution in [2.24, 2.45) is 5.73 Å². The van der Waals surface area contributed by atoms with E-state index in [2.05, 4.69) is 60.5 Å².